The van der Waals surface area contributed by atoms with E-state index in [1.807, 2.05) is 36.5 Å². The molecule has 0 aliphatic heterocycles. The van der Waals surface area contributed by atoms with E-state index in [0.717, 1.165) is 46.4 Å². The van der Waals surface area contributed by atoms with E-state index in [1.165, 1.54) is 19.1 Å². The Kier molecular flexibility index (Phi) is 7.07. The first kappa shape index (κ1) is 21.9. The number of aromatic nitrogens is 3. The smallest absolute Gasteiger partial charge is 0.137 e. The molecule has 0 atom stereocenters. The lowest BCUT2D eigenvalue weighted by Crippen LogP contribution is -2.36. The minimum absolute atomic E-state index is 0.422. The van der Waals surface area contributed by atoms with Crippen molar-refractivity contribution in [3.63, 3.8) is 0 Å². The van der Waals surface area contributed by atoms with Gasteiger partial charge in [-0.2, -0.15) is 0 Å². The van der Waals surface area contributed by atoms with Gasteiger partial charge in [-0.05, 0) is 69.6 Å². The van der Waals surface area contributed by atoms with Crippen LogP contribution in [0.1, 0.15) is 36.9 Å². The van der Waals surface area contributed by atoms with E-state index in [2.05, 4.69) is 50.6 Å². The number of hydrogen-bond donors (Lipinski definition) is 3. The van der Waals surface area contributed by atoms with Crippen molar-refractivity contribution in [1.82, 2.24) is 25.2 Å². The molecule has 2 aromatic heterocycles. The lowest BCUT2D eigenvalue weighted by Gasteiger charge is -2.33. The van der Waals surface area contributed by atoms with Gasteiger partial charge in [0.2, 0.25) is 0 Å². The Hall–Kier alpha value is -3.32. The van der Waals surface area contributed by atoms with E-state index in [9.17, 15) is 0 Å². The van der Waals surface area contributed by atoms with E-state index in [1.54, 1.807) is 12.5 Å². The first-order valence-electron chi connectivity index (χ1n) is 11.2. The molecule has 4 rings (SSSR count). The number of nitrogens with zero attached hydrogens (tertiary/aromatic N) is 4. The quantitative estimate of drug-likeness (QED) is 0.467. The van der Waals surface area contributed by atoms with E-state index in [-0.39, 0.29) is 0 Å². The maximum atomic E-state index is 7.90. The molecular formula is C25H31N7. The summed E-state index contributed by atoms with van der Waals surface area (Å²) in [5.74, 6) is 0.871. The van der Waals surface area contributed by atoms with E-state index < -0.39 is 0 Å². The van der Waals surface area contributed by atoms with Crippen LogP contribution in [-0.2, 0) is 6.54 Å². The highest BCUT2D eigenvalue weighted by Crippen LogP contribution is 2.28. The number of benzene rings is 1. The van der Waals surface area contributed by atoms with Crippen LogP contribution in [0, 0.1) is 5.41 Å². The van der Waals surface area contributed by atoms with E-state index in [4.69, 9.17) is 5.41 Å². The van der Waals surface area contributed by atoms with Crippen LogP contribution in [0.4, 0.5) is 5.82 Å². The molecule has 1 saturated carbocycles. The molecule has 3 N–H and O–H groups in total. The van der Waals surface area contributed by atoms with Crippen molar-refractivity contribution in [2.45, 2.75) is 44.3 Å². The molecule has 32 heavy (non-hydrogen) atoms. The Morgan fingerprint density at radius 3 is 2.66 bits per heavy atom. The predicted octanol–water partition coefficient (Wildman–Crippen LogP) is 4.09. The van der Waals surface area contributed by atoms with E-state index >= 15 is 0 Å². The van der Waals surface area contributed by atoms with Crippen molar-refractivity contribution in [2.75, 3.05) is 19.4 Å². The van der Waals surface area contributed by atoms with Gasteiger partial charge in [0, 0.05) is 41.7 Å². The maximum Gasteiger partial charge on any atom is 0.137 e. The van der Waals surface area contributed by atoms with Crippen molar-refractivity contribution in [1.29, 1.82) is 5.41 Å². The summed E-state index contributed by atoms with van der Waals surface area (Å²) in [7, 11) is 4.33. The normalized spacial score (nSPS) is 19.2. The minimum atomic E-state index is 0.422. The molecule has 7 nitrogen and oxygen atoms in total. The number of hydrogen-bond acceptors (Lipinski definition) is 7. The van der Waals surface area contributed by atoms with Gasteiger partial charge in [0.15, 0.2) is 0 Å². The average molecular weight is 430 g/mol. The summed E-state index contributed by atoms with van der Waals surface area (Å²) in [5, 5.41) is 15.8. The number of fused-ring (bicyclic) bond motifs is 1. The molecule has 0 saturated heterocycles. The molecule has 0 spiro atoms. The predicted molar refractivity (Wildman–Crippen MR) is 131 cm³/mol. The number of rotatable bonds is 8. The van der Waals surface area contributed by atoms with Crippen LogP contribution in [0.2, 0.25) is 0 Å². The summed E-state index contributed by atoms with van der Waals surface area (Å²) in [6.45, 7) is 0.608. The first-order valence-corrected chi connectivity index (χ1v) is 11.2. The molecule has 1 aromatic carbocycles. The van der Waals surface area contributed by atoms with Gasteiger partial charge in [-0.25, -0.2) is 9.97 Å². The zero-order valence-electron chi connectivity index (χ0n) is 18.8. The number of allylic oxidation sites excluding steroid dienone is 1. The van der Waals surface area contributed by atoms with Gasteiger partial charge in [-0.1, -0.05) is 12.1 Å². The molecule has 1 aliphatic rings. The van der Waals surface area contributed by atoms with Crippen LogP contribution in [0.25, 0.3) is 16.5 Å². The third-order valence-corrected chi connectivity index (χ3v) is 6.16. The van der Waals surface area contributed by atoms with Gasteiger partial charge < -0.3 is 20.9 Å². The monoisotopic (exact) mass is 429 g/mol. The second-order valence-electron chi connectivity index (χ2n) is 8.51. The summed E-state index contributed by atoms with van der Waals surface area (Å²) in [6.07, 6.45) is 11.3. The molecule has 0 radical (unpaired) electrons. The van der Waals surface area contributed by atoms with Gasteiger partial charge in [0.05, 0.1) is 17.8 Å². The topological polar surface area (TPSA) is 89.8 Å². The van der Waals surface area contributed by atoms with Gasteiger partial charge in [-0.3, -0.25) is 4.98 Å². The van der Waals surface area contributed by atoms with Crippen molar-refractivity contribution in [2.24, 2.45) is 0 Å². The molecule has 2 heterocycles. The third kappa shape index (κ3) is 5.29. The summed E-state index contributed by atoms with van der Waals surface area (Å²) >= 11 is 0. The van der Waals surface area contributed by atoms with Crippen molar-refractivity contribution < 1.29 is 0 Å². The number of anilines is 1. The summed E-state index contributed by atoms with van der Waals surface area (Å²) in [4.78, 5) is 15.6. The fraction of sp³-hybridized carbons (Fsp3) is 0.360. The van der Waals surface area contributed by atoms with Crippen molar-refractivity contribution in [3.05, 3.63) is 66.4 Å². The van der Waals surface area contributed by atoms with Crippen molar-refractivity contribution >= 4 is 28.5 Å². The largest absolute Gasteiger partial charge is 0.385 e. The lowest BCUT2D eigenvalue weighted by atomic mass is 9.90. The van der Waals surface area contributed by atoms with Gasteiger partial charge in [0.1, 0.15) is 12.1 Å². The summed E-state index contributed by atoms with van der Waals surface area (Å²) < 4.78 is 0. The highest BCUT2D eigenvalue weighted by Gasteiger charge is 2.23. The Morgan fingerprint density at radius 1 is 1.09 bits per heavy atom. The number of nitrogens with one attached hydrogen (secondary N) is 3. The molecule has 0 unspecified atom stereocenters. The fourth-order valence-electron chi connectivity index (χ4n) is 4.26. The summed E-state index contributed by atoms with van der Waals surface area (Å²) in [5.41, 5.74) is 3.61. The molecule has 0 bridgehead atoms. The van der Waals surface area contributed by atoms with Crippen LogP contribution in [-0.4, -0.2) is 52.2 Å². The highest BCUT2D eigenvalue weighted by atomic mass is 15.1. The van der Waals surface area contributed by atoms with Gasteiger partial charge in [-0.15, -0.1) is 0 Å². The van der Waals surface area contributed by atoms with E-state index in [0.29, 0.717) is 18.6 Å². The first-order chi connectivity index (χ1) is 15.6. The zero-order chi connectivity index (χ0) is 22.3. The lowest BCUT2D eigenvalue weighted by molar-refractivity contribution is 0.221. The molecule has 166 valence electrons. The maximum absolute atomic E-state index is 7.90. The Bertz CT molecular complexity index is 1070. The van der Waals surface area contributed by atoms with Gasteiger partial charge in [0.25, 0.3) is 0 Å². The van der Waals surface area contributed by atoms with Crippen LogP contribution < -0.4 is 10.6 Å². The minimum Gasteiger partial charge on any atom is -0.385 e. The fourth-order valence-corrected chi connectivity index (χ4v) is 4.26. The molecule has 3 aromatic rings. The highest BCUT2D eigenvalue weighted by molar-refractivity contribution is 6.09. The van der Waals surface area contributed by atoms with Crippen LogP contribution in [0.5, 0.6) is 0 Å². The summed E-state index contributed by atoms with van der Waals surface area (Å²) in [6, 6.07) is 13.0. The third-order valence-electron chi connectivity index (χ3n) is 6.16. The average Bonchev–Trinajstić information content (AvgIpc) is 2.83. The van der Waals surface area contributed by atoms with Crippen LogP contribution >= 0.6 is 0 Å². The standard InChI is InChI=1S/C25H31N7/c1-32(2)22-9-7-20(8-10-22)31-25-23-13-18(6-11-24(23)29-17-30-25)19(14-26)15-27-16-21-5-3-4-12-28-21/h3-6,11-15,17,20,22,26-27H,7-10,16H2,1-2H3,(H,29,30,31)/b19-15+,26-14?/t20-,22-. The van der Waals surface area contributed by atoms with Crippen LogP contribution in [0.15, 0.2) is 55.1 Å². The molecule has 1 fully saturated rings. The van der Waals surface area contributed by atoms with Crippen molar-refractivity contribution in [3.8, 4) is 0 Å². The Morgan fingerprint density at radius 2 is 1.94 bits per heavy atom. The number of pyridine rings is 1. The Labute approximate surface area is 189 Å². The molecule has 1 aliphatic carbocycles. The van der Waals surface area contributed by atoms with Crippen LogP contribution in [0.3, 0.4) is 0 Å². The second kappa shape index (κ2) is 10.3. The zero-order valence-corrected chi connectivity index (χ0v) is 18.8. The molecule has 7 heteroatoms. The molecule has 0 amide bonds. The van der Waals surface area contributed by atoms with Gasteiger partial charge >= 0.3 is 0 Å². The molecular weight excluding hydrogens is 398 g/mol. The second-order valence-corrected chi connectivity index (χ2v) is 8.51. The SMILES string of the molecule is CN(C)[C@H]1CC[C@H](Nc2ncnc3ccc(/C(C=N)=C/NCc4ccccn4)cc23)CC1. The Balaban J connectivity index is 1.51.